The summed E-state index contributed by atoms with van der Waals surface area (Å²) < 4.78 is 1.45. The van der Waals surface area contributed by atoms with E-state index in [1.807, 2.05) is 9.80 Å². The molecule has 0 aliphatic carbocycles. The Kier molecular flexibility index (Phi) is 4.37. The van der Waals surface area contributed by atoms with E-state index in [1.165, 1.54) is 10.6 Å². The first-order valence-corrected chi connectivity index (χ1v) is 9.83. The normalized spacial score (nSPS) is 30.2. The summed E-state index contributed by atoms with van der Waals surface area (Å²) in [5.41, 5.74) is -0.591. The van der Waals surface area contributed by atoms with E-state index in [0.29, 0.717) is 0 Å². The van der Waals surface area contributed by atoms with Crippen LogP contribution >= 0.6 is 0 Å². The molecule has 3 saturated heterocycles. The molecule has 4 heterocycles. The van der Waals surface area contributed by atoms with Gasteiger partial charge in [0.2, 0.25) is 11.8 Å². The van der Waals surface area contributed by atoms with E-state index in [4.69, 9.17) is 0 Å². The maximum atomic E-state index is 13.3. The third-order valence-corrected chi connectivity index (χ3v) is 6.68. The largest absolute Gasteiger partial charge is 0.342 e. The van der Waals surface area contributed by atoms with Gasteiger partial charge in [-0.25, -0.2) is 0 Å². The van der Waals surface area contributed by atoms with Crippen molar-refractivity contribution in [1.29, 1.82) is 0 Å². The zero-order chi connectivity index (χ0) is 18.3. The Balaban J connectivity index is 1.57. The molecule has 6 nitrogen and oxygen atoms in total. The molecule has 3 aliphatic heterocycles. The molecular formula is C20H27N3O3. The van der Waals surface area contributed by atoms with Crippen LogP contribution in [0.4, 0.5) is 0 Å². The predicted octanol–water partition coefficient (Wildman–Crippen LogP) is 1.63. The minimum atomic E-state index is -0.426. The third-order valence-electron chi connectivity index (χ3n) is 6.68. The second-order valence-corrected chi connectivity index (χ2v) is 7.93. The first-order chi connectivity index (χ1) is 12.6. The van der Waals surface area contributed by atoms with Gasteiger partial charge in [-0.05, 0) is 44.6 Å². The zero-order valence-electron chi connectivity index (χ0n) is 15.4. The summed E-state index contributed by atoms with van der Waals surface area (Å²) in [6, 6.07) is 5.04. The molecule has 3 atom stereocenters. The lowest BCUT2D eigenvalue weighted by molar-refractivity contribution is -0.144. The van der Waals surface area contributed by atoms with E-state index < -0.39 is 5.41 Å². The first kappa shape index (κ1) is 17.3. The summed E-state index contributed by atoms with van der Waals surface area (Å²) in [6.07, 6.45) is 7.24. The molecular weight excluding hydrogens is 330 g/mol. The maximum absolute atomic E-state index is 13.3. The van der Waals surface area contributed by atoms with Crippen molar-refractivity contribution in [3.8, 4) is 0 Å². The van der Waals surface area contributed by atoms with Gasteiger partial charge in [0.1, 0.15) is 6.54 Å². The molecule has 3 fully saturated rings. The molecule has 6 heteroatoms. The summed E-state index contributed by atoms with van der Waals surface area (Å²) in [7, 11) is 0. The van der Waals surface area contributed by atoms with Crippen LogP contribution in [-0.2, 0) is 16.1 Å². The van der Waals surface area contributed by atoms with Gasteiger partial charge in [0.15, 0.2) is 0 Å². The Labute approximate surface area is 153 Å². The van der Waals surface area contributed by atoms with E-state index in [2.05, 4.69) is 6.92 Å². The lowest BCUT2D eigenvalue weighted by Crippen LogP contribution is -2.50. The number of hydrogen-bond donors (Lipinski definition) is 0. The van der Waals surface area contributed by atoms with E-state index in [9.17, 15) is 14.4 Å². The Morgan fingerprint density at radius 3 is 2.65 bits per heavy atom. The van der Waals surface area contributed by atoms with E-state index >= 15 is 0 Å². The van der Waals surface area contributed by atoms with Gasteiger partial charge in [0.05, 0.1) is 5.41 Å². The molecule has 0 spiro atoms. The van der Waals surface area contributed by atoms with E-state index in [0.717, 1.165) is 51.6 Å². The Morgan fingerprint density at radius 2 is 1.96 bits per heavy atom. The van der Waals surface area contributed by atoms with Crippen LogP contribution in [0.25, 0.3) is 0 Å². The zero-order valence-corrected chi connectivity index (χ0v) is 15.4. The van der Waals surface area contributed by atoms with Crippen LogP contribution in [0.3, 0.4) is 0 Å². The van der Waals surface area contributed by atoms with E-state index in [-0.39, 0.29) is 36.0 Å². The average molecular weight is 357 g/mol. The van der Waals surface area contributed by atoms with Gasteiger partial charge in [0, 0.05) is 37.4 Å². The van der Waals surface area contributed by atoms with Gasteiger partial charge in [-0.1, -0.05) is 13.0 Å². The van der Waals surface area contributed by atoms with Crippen molar-refractivity contribution in [2.45, 2.75) is 64.1 Å². The van der Waals surface area contributed by atoms with Crippen LogP contribution < -0.4 is 5.56 Å². The highest BCUT2D eigenvalue weighted by Crippen LogP contribution is 2.53. The molecule has 4 rings (SSSR count). The standard InChI is InChI=1S/C20H27N3O3/c1-2-20(19(26)21-10-5-6-11-21)13-15-8-9-16(20)23(15)18(25)14-22-12-4-3-7-17(22)24/h3-4,7,12,15-16H,2,5-6,8-11,13-14H2,1H3/t15-,16+,20+/m0/s1. The second kappa shape index (κ2) is 6.56. The highest BCUT2D eigenvalue weighted by atomic mass is 16.2. The molecule has 1 aromatic heterocycles. The molecule has 0 unspecified atom stereocenters. The predicted molar refractivity (Wildman–Crippen MR) is 97.5 cm³/mol. The monoisotopic (exact) mass is 357 g/mol. The summed E-state index contributed by atoms with van der Waals surface area (Å²) >= 11 is 0. The number of pyridine rings is 1. The SMILES string of the molecule is CC[C@@]1(C(=O)N2CCCC2)C[C@@H]2CC[C@H]1N2C(=O)Cn1ccccc1=O. The van der Waals surface area contributed by atoms with Crippen molar-refractivity contribution in [1.82, 2.24) is 14.4 Å². The fraction of sp³-hybridized carbons (Fsp3) is 0.650. The fourth-order valence-corrected chi connectivity index (χ4v) is 5.37. The topological polar surface area (TPSA) is 62.6 Å². The van der Waals surface area contributed by atoms with Crippen LogP contribution in [-0.4, -0.2) is 51.4 Å². The minimum absolute atomic E-state index is 0.0162. The maximum Gasteiger partial charge on any atom is 0.250 e. The van der Waals surface area contributed by atoms with Gasteiger partial charge in [-0.3, -0.25) is 14.4 Å². The Hall–Kier alpha value is -2.11. The number of carbonyl (C=O) groups excluding carboxylic acids is 2. The Morgan fingerprint density at radius 1 is 1.19 bits per heavy atom. The number of amides is 2. The molecule has 1 aromatic rings. The molecule has 140 valence electrons. The van der Waals surface area contributed by atoms with Crippen molar-refractivity contribution in [3.05, 3.63) is 34.7 Å². The lowest BCUT2D eigenvalue weighted by Gasteiger charge is -2.38. The highest BCUT2D eigenvalue weighted by Gasteiger charge is 2.61. The number of hydrogen-bond acceptors (Lipinski definition) is 3. The molecule has 0 N–H and O–H groups in total. The number of aromatic nitrogens is 1. The highest BCUT2D eigenvalue weighted by molar-refractivity contribution is 5.87. The van der Waals surface area contributed by atoms with Crippen LogP contribution in [0.15, 0.2) is 29.2 Å². The lowest BCUT2D eigenvalue weighted by atomic mass is 9.71. The molecule has 0 saturated carbocycles. The van der Waals surface area contributed by atoms with Crippen LogP contribution in [0.1, 0.15) is 45.4 Å². The average Bonchev–Trinajstić information content (AvgIpc) is 3.38. The number of nitrogens with zero attached hydrogens (tertiary/aromatic N) is 3. The second-order valence-electron chi connectivity index (χ2n) is 7.93. The van der Waals surface area contributed by atoms with Crippen molar-refractivity contribution < 1.29 is 9.59 Å². The van der Waals surface area contributed by atoms with Crippen LogP contribution in [0.2, 0.25) is 0 Å². The van der Waals surface area contributed by atoms with Gasteiger partial charge in [-0.2, -0.15) is 0 Å². The summed E-state index contributed by atoms with van der Waals surface area (Å²) in [5.74, 6) is 0.217. The van der Waals surface area contributed by atoms with Crippen LogP contribution in [0.5, 0.6) is 0 Å². The number of rotatable bonds is 4. The van der Waals surface area contributed by atoms with Gasteiger partial charge < -0.3 is 14.4 Å². The van der Waals surface area contributed by atoms with Gasteiger partial charge in [0.25, 0.3) is 5.56 Å². The molecule has 0 aromatic carbocycles. The smallest absolute Gasteiger partial charge is 0.250 e. The summed E-state index contributed by atoms with van der Waals surface area (Å²) in [4.78, 5) is 42.2. The molecule has 3 aliphatic rings. The fourth-order valence-electron chi connectivity index (χ4n) is 5.37. The number of carbonyl (C=O) groups is 2. The summed E-state index contributed by atoms with van der Waals surface area (Å²) in [5, 5.41) is 0. The molecule has 26 heavy (non-hydrogen) atoms. The quantitative estimate of drug-likeness (QED) is 0.823. The minimum Gasteiger partial charge on any atom is -0.342 e. The number of likely N-dealkylation sites (tertiary alicyclic amines) is 1. The van der Waals surface area contributed by atoms with Crippen molar-refractivity contribution in [2.75, 3.05) is 13.1 Å². The first-order valence-electron chi connectivity index (χ1n) is 9.83. The summed E-state index contributed by atoms with van der Waals surface area (Å²) in [6.45, 7) is 3.85. The van der Waals surface area contributed by atoms with Crippen molar-refractivity contribution >= 4 is 11.8 Å². The van der Waals surface area contributed by atoms with Gasteiger partial charge in [-0.15, -0.1) is 0 Å². The third kappa shape index (κ3) is 2.58. The van der Waals surface area contributed by atoms with E-state index in [1.54, 1.807) is 18.3 Å². The van der Waals surface area contributed by atoms with Gasteiger partial charge >= 0.3 is 0 Å². The molecule has 2 bridgehead atoms. The van der Waals surface area contributed by atoms with Crippen LogP contribution in [0, 0.1) is 5.41 Å². The van der Waals surface area contributed by atoms with Crippen molar-refractivity contribution in [2.24, 2.45) is 5.41 Å². The molecule has 2 amide bonds. The Bertz CT molecular complexity index is 768. The van der Waals surface area contributed by atoms with Crippen molar-refractivity contribution in [3.63, 3.8) is 0 Å². The molecule has 0 radical (unpaired) electrons. The number of fused-ring (bicyclic) bond motifs is 2.